The van der Waals surface area contributed by atoms with Gasteiger partial charge in [0.25, 0.3) is 5.91 Å². The number of benzene rings is 2. The summed E-state index contributed by atoms with van der Waals surface area (Å²) >= 11 is 0. The third-order valence-corrected chi connectivity index (χ3v) is 3.64. The molecular weight excluding hydrogens is 351 g/mol. The predicted molar refractivity (Wildman–Crippen MR) is 98.5 cm³/mol. The third kappa shape index (κ3) is 7.68. The maximum absolute atomic E-state index is 12.8. The van der Waals surface area contributed by atoms with E-state index in [9.17, 15) is 18.8 Å². The van der Waals surface area contributed by atoms with Crippen LogP contribution in [0.15, 0.2) is 48.5 Å². The number of esters is 1. The summed E-state index contributed by atoms with van der Waals surface area (Å²) in [6.45, 7) is 1.43. The Bertz CT molecular complexity index is 789. The minimum atomic E-state index is -0.518. The molecule has 27 heavy (non-hydrogen) atoms. The first-order chi connectivity index (χ1) is 12.9. The molecule has 0 fully saturated rings. The van der Waals surface area contributed by atoms with Gasteiger partial charge in [0.05, 0.1) is 6.42 Å². The molecule has 2 amide bonds. The Morgan fingerprint density at radius 2 is 1.59 bits per heavy atom. The Morgan fingerprint density at radius 3 is 2.22 bits per heavy atom. The summed E-state index contributed by atoms with van der Waals surface area (Å²) in [6, 6.07) is 12.8. The van der Waals surface area contributed by atoms with Gasteiger partial charge in [-0.2, -0.15) is 0 Å². The highest BCUT2D eigenvalue weighted by Crippen LogP contribution is 2.10. The second-order valence-electron chi connectivity index (χ2n) is 5.94. The van der Waals surface area contributed by atoms with Crippen molar-refractivity contribution < 1.29 is 23.5 Å². The van der Waals surface area contributed by atoms with Crippen LogP contribution in [0.2, 0.25) is 0 Å². The van der Waals surface area contributed by atoms with Crippen molar-refractivity contribution >= 4 is 23.5 Å². The van der Waals surface area contributed by atoms with Gasteiger partial charge in [-0.3, -0.25) is 14.4 Å². The van der Waals surface area contributed by atoms with Gasteiger partial charge in [-0.1, -0.05) is 24.3 Å². The molecule has 2 aromatic carbocycles. The van der Waals surface area contributed by atoms with Gasteiger partial charge in [-0.15, -0.1) is 0 Å². The van der Waals surface area contributed by atoms with E-state index in [0.717, 1.165) is 5.56 Å². The molecule has 0 heterocycles. The van der Waals surface area contributed by atoms with Gasteiger partial charge in [0, 0.05) is 19.2 Å². The lowest BCUT2D eigenvalue weighted by Crippen LogP contribution is -2.30. The number of hydrogen-bond acceptors (Lipinski definition) is 4. The van der Waals surface area contributed by atoms with Crippen LogP contribution in [0, 0.1) is 5.82 Å². The van der Waals surface area contributed by atoms with E-state index in [1.54, 1.807) is 36.4 Å². The molecule has 0 aliphatic rings. The van der Waals surface area contributed by atoms with Crippen LogP contribution in [-0.2, 0) is 32.0 Å². The second-order valence-corrected chi connectivity index (χ2v) is 5.94. The fraction of sp³-hybridized carbons (Fsp3) is 0.250. The van der Waals surface area contributed by atoms with Gasteiger partial charge in [0.15, 0.2) is 6.61 Å². The summed E-state index contributed by atoms with van der Waals surface area (Å²) in [5.74, 6) is -1.39. The molecule has 0 saturated heterocycles. The lowest BCUT2D eigenvalue weighted by atomic mass is 10.1. The van der Waals surface area contributed by atoms with Gasteiger partial charge in [0.1, 0.15) is 5.82 Å². The lowest BCUT2D eigenvalue weighted by Gasteiger charge is -2.07. The van der Waals surface area contributed by atoms with Crippen LogP contribution >= 0.6 is 0 Å². The lowest BCUT2D eigenvalue weighted by molar-refractivity contribution is -0.147. The van der Waals surface area contributed by atoms with E-state index < -0.39 is 11.9 Å². The SMILES string of the molecule is CC(=O)Nc1ccc(CC(=O)OCC(=O)NCCc2ccc(F)cc2)cc1. The molecule has 2 N–H and O–H groups in total. The second kappa shape index (κ2) is 10.1. The van der Waals surface area contributed by atoms with Crippen LogP contribution in [0.1, 0.15) is 18.1 Å². The molecule has 0 radical (unpaired) electrons. The fourth-order valence-electron chi connectivity index (χ4n) is 2.32. The van der Waals surface area contributed by atoms with Crippen molar-refractivity contribution in [2.24, 2.45) is 0 Å². The normalized spacial score (nSPS) is 10.1. The highest BCUT2D eigenvalue weighted by atomic mass is 19.1. The number of rotatable bonds is 8. The van der Waals surface area contributed by atoms with E-state index in [0.29, 0.717) is 24.2 Å². The first kappa shape index (κ1) is 20.1. The zero-order valence-electron chi connectivity index (χ0n) is 15.0. The first-order valence-corrected chi connectivity index (χ1v) is 8.45. The number of amides is 2. The van der Waals surface area contributed by atoms with Crippen LogP contribution in [-0.4, -0.2) is 30.9 Å². The van der Waals surface area contributed by atoms with Crippen molar-refractivity contribution in [3.8, 4) is 0 Å². The van der Waals surface area contributed by atoms with E-state index in [-0.39, 0.29) is 24.8 Å². The average Bonchev–Trinajstić information content (AvgIpc) is 2.63. The number of hydrogen-bond donors (Lipinski definition) is 2. The van der Waals surface area contributed by atoms with Gasteiger partial charge >= 0.3 is 5.97 Å². The Labute approximate surface area is 156 Å². The Balaban J connectivity index is 1.66. The Hall–Kier alpha value is -3.22. The molecule has 0 bridgehead atoms. The first-order valence-electron chi connectivity index (χ1n) is 8.45. The number of carbonyl (C=O) groups is 3. The monoisotopic (exact) mass is 372 g/mol. The number of anilines is 1. The van der Waals surface area contributed by atoms with Crippen molar-refractivity contribution in [3.63, 3.8) is 0 Å². The zero-order valence-corrected chi connectivity index (χ0v) is 15.0. The van der Waals surface area contributed by atoms with Gasteiger partial charge in [0.2, 0.25) is 5.91 Å². The number of nitrogens with one attached hydrogen (secondary N) is 2. The van der Waals surface area contributed by atoms with E-state index >= 15 is 0 Å². The molecule has 0 aliphatic heterocycles. The molecule has 0 aromatic heterocycles. The minimum Gasteiger partial charge on any atom is -0.455 e. The highest BCUT2D eigenvalue weighted by molar-refractivity contribution is 5.88. The summed E-state index contributed by atoms with van der Waals surface area (Å²) < 4.78 is 17.8. The van der Waals surface area contributed by atoms with Crippen molar-refractivity contribution in [1.29, 1.82) is 0 Å². The quantitative estimate of drug-likeness (QED) is 0.696. The number of halogens is 1. The summed E-state index contributed by atoms with van der Waals surface area (Å²) in [5, 5.41) is 5.27. The van der Waals surface area contributed by atoms with Crippen LogP contribution in [0.4, 0.5) is 10.1 Å². The fourth-order valence-corrected chi connectivity index (χ4v) is 2.32. The molecule has 0 spiro atoms. The highest BCUT2D eigenvalue weighted by Gasteiger charge is 2.09. The summed E-state index contributed by atoms with van der Waals surface area (Å²) in [6.07, 6.45) is 0.587. The van der Waals surface area contributed by atoms with E-state index in [2.05, 4.69) is 10.6 Å². The van der Waals surface area contributed by atoms with Crippen LogP contribution in [0.25, 0.3) is 0 Å². The summed E-state index contributed by atoms with van der Waals surface area (Å²) in [5.41, 5.74) is 2.25. The van der Waals surface area contributed by atoms with Crippen molar-refractivity contribution in [1.82, 2.24) is 5.32 Å². The largest absolute Gasteiger partial charge is 0.455 e. The molecule has 2 rings (SSSR count). The molecule has 7 heteroatoms. The van der Waals surface area contributed by atoms with E-state index in [4.69, 9.17) is 4.74 Å². The zero-order chi connectivity index (χ0) is 19.6. The Kier molecular flexibility index (Phi) is 7.49. The third-order valence-electron chi connectivity index (χ3n) is 3.64. The van der Waals surface area contributed by atoms with E-state index in [1.807, 2.05) is 0 Å². The predicted octanol–water partition coefficient (Wildman–Crippen LogP) is 2.23. The average molecular weight is 372 g/mol. The van der Waals surface area contributed by atoms with Crippen LogP contribution in [0.3, 0.4) is 0 Å². The molecule has 0 aliphatic carbocycles. The molecular formula is C20H21FN2O4. The summed E-state index contributed by atoms with van der Waals surface area (Å²) in [7, 11) is 0. The van der Waals surface area contributed by atoms with Crippen molar-refractivity contribution in [2.75, 3.05) is 18.5 Å². The maximum atomic E-state index is 12.8. The molecule has 0 saturated carbocycles. The maximum Gasteiger partial charge on any atom is 0.310 e. The Morgan fingerprint density at radius 1 is 0.963 bits per heavy atom. The summed E-state index contributed by atoms with van der Waals surface area (Å²) in [4.78, 5) is 34.5. The van der Waals surface area contributed by atoms with Crippen molar-refractivity contribution in [2.45, 2.75) is 19.8 Å². The number of ether oxygens (including phenoxy) is 1. The van der Waals surface area contributed by atoms with Gasteiger partial charge in [-0.05, 0) is 41.8 Å². The topological polar surface area (TPSA) is 84.5 Å². The molecule has 0 unspecified atom stereocenters. The molecule has 0 atom stereocenters. The smallest absolute Gasteiger partial charge is 0.310 e. The number of carbonyl (C=O) groups excluding carboxylic acids is 3. The van der Waals surface area contributed by atoms with E-state index in [1.165, 1.54) is 19.1 Å². The minimum absolute atomic E-state index is 0.0310. The van der Waals surface area contributed by atoms with Crippen LogP contribution in [0.5, 0.6) is 0 Å². The molecule has 142 valence electrons. The molecule has 2 aromatic rings. The molecule has 6 nitrogen and oxygen atoms in total. The van der Waals surface area contributed by atoms with Gasteiger partial charge < -0.3 is 15.4 Å². The van der Waals surface area contributed by atoms with Gasteiger partial charge in [-0.25, -0.2) is 4.39 Å². The standard InChI is InChI=1S/C20H21FN2O4/c1-14(24)23-18-8-4-16(5-9-18)12-20(26)27-13-19(25)22-11-10-15-2-6-17(21)7-3-15/h2-9H,10-13H2,1H3,(H,22,25)(H,23,24). The van der Waals surface area contributed by atoms with Crippen molar-refractivity contribution in [3.05, 3.63) is 65.5 Å². The van der Waals surface area contributed by atoms with Crippen LogP contribution < -0.4 is 10.6 Å².